The third-order valence-electron chi connectivity index (χ3n) is 4.92. The molecule has 0 amide bonds. The van der Waals surface area contributed by atoms with Crippen molar-refractivity contribution >= 4 is 11.3 Å². The average molecular weight is 279 g/mol. The molecule has 1 aliphatic carbocycles. The van der Waals surface area contributed by atoms with Gasteiger partial charge in [-0.2, -0.15) is 0 Å². The van der Waals surface area contributed by atoms with Gasteiger partial charge < -0.3 is 5.32 Å². The van der Waals surface area contributed by atoms with Crippen LogP contribution in [-0.2, 0) is 0 Å². The van der Waals surface area contributed by atoms with Gasteiger partial charge >= 0.3 is 0 Å². The van der Waals surface area contributed by atoms with E-state index >= 15 is 0 Å². The van der Waals surface area contributed by atoms with Gasteiger partial charge in [0.1, 0.15) is 0 Å². The maximum atomic E-state index is 3.97. The summed E-state index contributed by atoms with van der Waals surface area (Å²) in [5.41, 5.74) is 0. The molecule has 0 aromatic carbocycles. The van der Waals surface area contributed by atoms with E-state index in [0.29, 0.717) is 12.1 Å². The Morgan fingerprint density at radius 1 is 1.26 bits per heavy atom. The van der Waals surface area contributed by atoms with Crippen molar-refractivity contribution < 1.29 is 0 Å². The van der Waals surface area contributed by atoms with Crippen LogP contribution in [0.4, 0.5) is 0 Å². The first kappa shape index (κ1) is 15.1. The summed E-state index contributed by atoms with van der Waals surface area (Å²) in [5, 5.41) is 6.20. The van der Waals surface area contributed by atoms with Gasteiger partial charge in [0, 0.05) is 17.0 Å². The Morgan fingerprint density at radius 2 is 1.95 bits per heavy atom. The summed E-state index contributed by atoms with van der Waals surface area (Å²) in [6.45, 7) is 7.03. The summed E-state index contributed by atoms with van der Waals surface area (Å²) in [6, 6.07) is 5.74. The molecular weight excluding hydrogens is 250 g/mol. The lowest BCUT2D eigenvalue weighted by Gasteiger charge is -2.31. The van der Waals surface area contributed by atoms with Crippen molar-refractivity contribution in [1.82, 2.24) is 5.32 Å². The van der Waals surface area contributed by atoms with Crippen LogP contribution in [0.15, 0.2) is 17.5 Å². The van der Waals surface area contributed by atoms with Gasteiger partial charge in [-0.3, -0.25) is 0 Å². The molecule has 1 aliphatic rings. The average Bonchev–Trinajstić information content (AvgIpc) is 3.11. The molecule has 1 heterocycles. The van der Waals surface area contributed by atoms with Gasteiger partial charge in [0.15, 0.2) is 0 Å². The lowest BCUT2D eigenvalue weighted by atomic mass is 9.91. The second-order valence-corrected chi connectivity index (χ2v) is 7.05. The summed E-state index contributed by atoms with van der Waals surface area (Å²) in [7, 11) is 0. The monoisotopic (exact) mass is 279 g/mol. The van der Waals surface area contributed by atoms with Gasteiger partial charge in [-0.25, -0.2) is 0 Å². The van der Waals surface area contributed by atoms with E-state index in [9.17, 15) is 0 Å². The zero-order chi connectivity index (χ0) is 13.7. The van der Waals surface area contributed by atoms with Crippen molar-refractivity contribution in [3.05, 3.63) is 22.4 Å². The molecule has 0 bridgehead atoms. The van der Waals surface area contributed by atoms with Gasteiger partial charge in [0.25, 0.3) is 0 Å². The number of hydrogen-bond donors (Lipinski definition) is 1. The molecule has 1 aromatic rings. The van der Waals surface area contributed by atoms with E-state index in [1.165, 1.54) is 38.5 Å². The number of hydrogen-bond acceptors (Lipinski definition) is 2. The van der Waals surface area contributed by atoms with Gasteiger partial charge in [-0.1, -0.05) is 45.6 Å². The van der Waals surface area contributed by atoms with E-state index in [0.717, 1.165) is 11.8 Å². The van der Waals surface area contributed by atoms with Crippen molar-refractivity contribution in [2.75, 3.05) is 0 Å². The van der Waals surface area contributed by atoms with Gasteiger partial charge in [0.05, 0.1) is 0 Å². The van der Waals surface area contributed by atoms with Crippen LogP contribution in [-0.4, -0.2) is 6.04 Å². The largest absolute Gasteiger partial charge is 0.306 e. The molecular formula is C17H29NS. The lowest BCUT2D eigenvalue weighted by molar-refractivity contribution is 0.276. The van der Waals surface area contributed by atoms with E-state index in [4.69, 9.17) is 0 Å². The molecule has 2 atom stereocenters. The summed E-state index contributed by atoms with van der Waals surface area (Å²) < 4.78 is 0. The first-order valence-electron chi connectivity index (χ1n) is 8.05. The molecule has 0 saturated heterocycles. The number of nitrogens with one attached hydrogen (secondary N) is 1. The zero-order valence-corrected chi connectivity index (χ0v) is 13.5. The molecule has 0 radical (unpaired) electrons. The van der Waals surface area contributed by atoms with Crippen LogP contribution in [0.3, 0.4) is 0 Å². The van der Waals surface area contributed by atoms with Crippen molar-refractivity contribution in [2.24, 2.45) is 11.8 Å². The van der Waals surface area contributed by atoms with Crippen molar-refractivity contribution in [2.45, 2.75) is 71.4 Å². The smallest absolute Gasteiger partial charge is 0.0445 e. The maximum Gasteiger partial charge on any atom is 0.0445 e. The predicted octanol–water partition coefficient (Wildman–Crippen LogP) is 5.39. The molecule has 2 rings (SSSR count). The fourth-order valence-corrected chi connectivity index (χ4v) is 4.50. The summed E-state index contributed by atoms with van der Waals surface area (Å²) >= 11 is 1.92. The molecule has 0 aliphatic heterocycles. The second kappa shape index (κ2) is 7.44. The third-order valence-corrected chi connectivity index (χ3v) is 5.87. The maximum absolute atomic E-state index is 3.97. The Balaban J connectivity index is 2.05. The van der Waals surface area contributed by atoms with E-state index in [-0.39, 0.29) is 0 Å². The highest BCUT2D eigenvalue weighted by Crippen LogP contribution is 2.38. The molecule has 1 saturated carbocycles. The van der Waals surface area contributed by atoms with Crippen molar-refractivity contribution in [3.8, 4) is 0 Å². The Hall–Kier alpha value is -0.340. The molecule has 1 aromatic heterocycles. The predicted molar refractivity (Wildman–Crippen MR) is 85.7 cm³/mol. The topological polar surface area (TPSA) is 12.0 Å². The number of rotatable bonds is 7. The summed E-state index contributed by atoms with van der Waals surface area (Å²) in [5.74, 6) is 1.67. The van der Waals surface area contributed by atoms with Crippen LogP contribution in [0.25, 0.3) is 0 Å². The zero-order valence-electron chi connectivity index (χ0n) is 12.7. The van der Waals surface area contributed by atoms with Gasteiger partial charge in [-0.05, 0) is 43.0 Å². The Morgan fingerprint density at radius 3 is 2.47 bits per heavy atom. The normalized spacial score (nSPS) is 20.0. The quantitative estimate of drug-likeness (QED) is 0.705. The van der Waals surface area contributed by atoms with E-state index < -0.39 is 0 Å². The second-order valence-electron chi connectivity index (χ2n) is 6.07. The van der Waals surface area contributed by atoms with E-state index in [1.807, 2.05) is 11.3 Å². The van der Waals surface area contributed by atoms with Crippen LogP contribution < -0.4 is 5.32 Å². The van der Waals surface area contributed by atoms with Crippen LogP contribution in [0, 0.1) is 11.8 Å². The molecule has 108 valence electrons. The van der Waals surface area contributed by atoms with Crippen molar-refractivity contribution in [1.29, 1.82) is 0 Å². The molecule has 19 heavy (non-hydrogen) atoms. The third kappa shape index (κ3) is 3.82. The Kier molecular flexibility index (Phi) is 5.90. The molecule has 1 fully saturated rings. The van der Waals surface area contributed by atoms with Crippen LogP contribution >= 0.6 is 11.3 Å². The number of thiophene rings is 1. The Labute approximate surface area is 122 Å². The molecule has 0 spiro atoms. The fourth-order valence-electron chi connectivity index (χ4n) is 3.62. The standard InChI is InChI=1S/C17H29NS/c1-4-14(5-2)13(3)18-17(15-9-6-7-10-15)16-11-8-12-19-16/h8,11-15,17-18H,4-7,9-10H2,1-3H3. The lowest BCUT2D eigenvalue weighted by Crippen LogP contribution is -2.38. The minimum Gasteiger partial charge on any atom is -0.306 e. The molecule has 1 N–H and O–H groups in total. The summed E-state index contributed by atoms with van der Waals surface area (Å²) in [4.78, 5) is 1.55. The van der Waals surface area contributed by atoms with Crippen LogP contribution in [0.1, 0.15) is 70.2 Å². The SMILES string of the molecule is CCC(CC)C(C)NC(c1cccs1)C1CCCC1. The summed E-state index contributed by atoms with van der Waals surface area (Å²) in [6.07, 6.45) is 8.23. The fraction of sp³-hybridized carbons (Fsp3) is 0.765. The molecule has 2 heteroatoms. The first-order valence-corrected chi connectivity index (χ1v) is 8.93. The van der Waals surface area contributed by atoms with E-state index in [2.05, 4.69) is 43.6 Å². The first-order chi connectivity index (χ1) is 9.26. The highest BCUT2D eigenvalue weighted by Gasteiger charge is 2.29. The Bertz CT molecular complexity index is 336. The molecule has 1 nitrogen and oxygen atoms in total. The van der Waals surface area contributed by atoms with Gasteiger partial charge in [-0.15, -0.1) is 11.3 Å². The van der Waals surface area contributed by atoms with Crippen molar-refractivity contribution in [3.63, 3.8) is 0 Å². The highest BCUT2D eigenvalue weighted by molar-refractivity contribution is 7.10. The molecule has 2 unspecified atom stereocenters. The van der Waals surface area contributed by atoms with Gasteiger partial charge in [0.2, 0.25) is 0 Å². The van der Waals surface area contributed by atoms with E-state index in [1.54, 1.807) is 4.88 Å². The minimum atomic E-state index is 0.595. The highest BCUT2D eigenvalue weighted by atomic mass is 32.1. The van der Waals surface area contributed by atoms with Crippen LogP contribution in [0.2, 0.25) is 0 Å². The minimum absolute atomic E-state index is 0.595. The van der Waals surface area contributed by atoms with Crippen LogP contribution in [0.5, 0.6) is 0 Å².